The third-order valence-electron chi connectivity index (χ3n) is 6.05. The van der Waals surface area contributed by atoms with E-state index >= 15 is 0 Å². The summed E-state index contributed by atoms with van der Waals surface area (Å²) < 4.78 is 2.47. The monoisotopic (exact) mass is 341 g/mol. The summed E-state index contributed by atoms with van der Waals surface area (Å²) >= 11 is 0. The SMILES string of the molecule is c1ccc2cc3c(cc2c1)c1cccc2c4cc5ccccc5cc4n3c12. The molecule has 0 bridgehead atoms. The molecule has 7 rings (SSSR count). The molecule has 0 fully saturated rings. The average Bonchev–Trinajstić information content (AvgIpc) is 3.21. The van der Waals surface area contributed by atoms with Crippen LogP contribution in [0.1, 0.15) is 0 Å². The van der Waals surface area contributed by atoms with Gasteiger partial charge in [0.2, 0.25) is 0 Å². The maximum atomic E-state index is 2.47. The Kier molecular flexibility index (Phi) is 2.30. The van der Waals surface area contributed by atoms with E-state index in [1.807, 2.05) is 0 Å². The van der Waals surface area contributed by atoms with Crippen molar-refractivity contribution in [2.75, 3.05) is 0 Å². The summed E-state index contributed by atoms with van der Waals surface area (Å²) in [4.78, 5) is 0. The number of fused-ring (bicyclic) bond motifs is 8. The third kappa shape index (κ3) is 1.60. The highest BCUT2D eigenvalue weighted by atomic mass is 14.9. The third-order valence-corrected chi connectivity index (χ3v) is 6.05. The molecule has 1 nitrogen and oxygen atoms in total. The molecule has 0 N–H and O–H groups in total. The van der Waals surface area contributed by atoms with E-state index < -0.39 is 0 Å². The van der Waals surface area contributed by atoms with Gasteiger partial charge in [0, 0.05) is 21.5 Å². The summed E-state index contributed by atoms with van der Waals surface area (Å²) in [5.74, 6) is 0. The lowest BCUT2D eigenvalue weighted by atomic mass is 10.0. The van der Waals surface area contributed by atoms with Gasteiger partial charge in [-0.15, -0.1) is 0 Å². The fraction of sp³-hybridized carbons (Fsp3) is 0. The molecule has 0 atom stereocenters. The number of nitrogens with zero attached hydrogens (tertiary/aromatic N) is 1. The highest BCUT2D eigenvalue weighted by Gasteiger charge is 2.17. The second-order valence-electron chi connectivity index (χ2n) is 7.47. The predicted octanol–water partition coefficient (Wildman–Crippen LogP) is 7.14. The van der Waals surface area contributed by atoms with Crippen molar-refractivity contribution in [2.24, 2.45) is 0 Å². The Morgan fingerprint density at radius 3 is 1.33 bits per heavy atom. The summed E-state index contributed by atoms with van der Waals surface area (Å²) in [7, 11) is 0. The first-order valence-corrected chi connectivity index (χ1v) is 9.38. The smallest absolute Gasteiger partial charge is 0.0620 e. The van der Waals surface area contributed by atoms with Crippen molar-refractivity contribution in [2.45, 2.75) is 0 Å². The van der Waals surface area contributed by atoms with Gasteiger partial charge in [-0.2, -0.15) is 0 Å². The van der Waals surface area contributed by atoms with E-state index in [2.05, 4.69) is 95.4 Å². The molecule has 7 aromatic rings. The normalized spacial score (nSPS) is 12.4. The number of rotatable bonds is 0. The van der Waals surface area contributed by atoms with Crippen LogP contribution < -0.4 is 0 Å². The van der Waals surface area contributed by atoms with Gasteiger partial charge in [-0.3, -0.25) is 0 Å². The van der Waals surface area contributed by atoms with Gasteiger partial charge in [-0.25, -0.2) is 0 Å². The van der Waals surface area contributed by atoms with Gasteiger partial charge < -0.3 is 4.40 Å². The quantitative estimate of drug-likeness (QED) is 0.276. The molecule has 0 saturated carbocycles. The molecule has 0 spiro atoms. The fourth-order valence-electron chi connectivity index (χ4n) is 4.85. The maximum Gasteiger partial charge on any atom is 0.0620 e. The van der Waals surface area contributed by atoms with Crippen molar-refractivity contribution < 1.29 is 0 Å². The Morgan fingerprint density at radius 1 is 0.407 bits per heavy atom. The zero-order valence-electron chi connectivity index (χ0n) is 14.6. The van der Waals surface area contributed by atoms with Crippen molar-refractivity contribution in [3.8, 4) is 0 Å². The van der Waals surface area contributed by atoms with Crippen LogP contribution >= 0.6 is 0 Å². The molecule has 0 aliphatic carbocycles. The van der Waals surface area contributed by atoms with E-state index in [0.29, 0.717) is 0 Å². The number of para-hydroxylation sites is 1. The molecule has 2 heterocycles. The number of hydrogen-bond donors (Lipinski definition) is 0. The lowest BCUT2D eigenvalue weighted by Gasteiger charge is -2.03. The first-order valence-electron chi connectivity index (χ1n) is 9.38. The van der Waals surface area contributed by atoms with Crippen molar-refractivity contribution in [1.82, 2.24) is 4.40 Å². The lowest BCUT2D eigenvalue weighted by Crippen LogP contribution is -1.82. The van der Waals surface area contributed by atoms with Crippen molar-refractivity contribution in [1.29, 1.82) is 0 Å². The number of benzene rings is 5. The van der Waals surface area contributed by atoms with Gasteiger partial charge >= 0.3 is 0 Å². The van der Waals surface area contributed by atoms with E-state index in [-0.39, 0.29) is 0 Å². The molecule has 0 radical (unpaired) electrons. The maximum absolute atomic E-state index is 2.47. The van der Waals surface area contributed by atoms with Crippen LogP contribution in [-0.2, 0) is 0 Å². The van der Waals surface area contributed by atoms with Crippen molar-refractivity contribution in [3.05, 3.63) is 91.0 Å². The van der Waals surface area contributed by atoms with E-state index in [1.54, 1.807) is 0 Å². The first kappa shape index (κ1) is 13.6. The van der Waals surface area contributed by atoms with E-state index in [9.17, 15) is 0 Å². The Morgan fingerprint density at radius 2 is 0.852 bits per heavy atom. The minimum absolute atomic E-state index is 1.29. The zero-order chi connectivity index (χ0) is 17.5. The van der Waals surface area contributed by atoms with Gasteiger partial charge in [-0.05, 0) is 45.8 Å². The average molecular weight is 341 g/mol. The number of hydrogen-bond acceptors (Lipinski definition) is 0. The molecule has 1 heteroatoms. The van der Waals surface area contributed by atoms with E-state index in [4.69, 9.17) is 0 Å². The summed E-state index contributed by atoms with van der Waals surface area (Å²) in [6.07, 6.45) is 0. The molecule has 0 aliphatic heterocycles. The Labute approximate surface area is 155 Å². The van der Waals surface area contributed by atoms with Gasteiger partial charge in [0.25, 0.3) is 0 Å². The topological polar surface area (TPSA) is 4.41 Å². The van der Waals surface area contributed by atoms with Crippen LogP contribution in [0.5, 0.6) is 0 Å². The molecule has 0 aliphatic rings. The van der Waals surface area contributed by atoms with Crippen LogP contribution in [0.3, 0.4) is 0 Å². The molecule has 5 aromatic carbocycles. The van der Waals surface area contributed by atoms with Crippen LogP contribution in [0.4, 0.5) is 0 Å². The highest BCUT2D eigenvalue weighted by Crippen LogP contribution is 2.41. The Hall–Kier alpha value is -3.58. The molecule has 0 amide bonds. The molecular formula is C26H15N. The van der Waals surface area contributed by atoms with Crippen LogP contribution in [-0.4, -0.2) is 4.40 Å². The standard InChI is InChI=1S/C26H15N/c1-3-8-18-14-24-22(12-16(18)6-1)20-10-5-11-21-23-13-17-7-2-4-9-19(17)15-25(23)27(24)26(20)21/h1-15H. The molecule has 124 valence electrons. The Balaban J connectivity index is 1.84. The van der Waals surface area contributed by atoms with Crippen molar-refractivity contribution in [3.63, 3.8) is 0 Å². The van der Waals surface area contributed by atoms with Crippen molar-refractivity contribution >= 4 is 59.6 Å². The number of aromatic nitrogens is 1. The van der Waals surface area contributed by atoms with E-state index in [1.165, 1.54) is 59.6 Å². The molecule has 0 saturated heterocycles. The van der Waals surface area contributed by atoms with Crippen LogP contribution in [0.15, 0.2) is 91.0 Å². The summed E-state index contributed by atoms with van der Waals surface area (Å²) in [6, 6.07) is 33.4. The molecule has 2 aromatic heterocycles. The minimum atomic E-state index is 1.29. The van der Waals surface area contributed by atoms with Crippen LogP contribution in [0.2, 0.25) is 0 Å². The minimum Gasteiger partial charge on any atom is -0.308 e. The van der Waals surface area contributed by atoms with E-state index in [0.717, 1.165) is 0 Å². The Bertz CT molecular complexity index is 1550. The van der Waals surface area contributed by atoms with Gasteiger partial charge in [0.05, 0.1) is 16.6 Å². The lowest BCUT2D eigenvalue weighted by molar-refractivity contribution is 1.38. The van der Waals surface area contributed by atoms with Gasteiger partial charge in [0.15, 0.2) is 0 Å². The largest absolute Gasteiger partial charge is 0.308 e. The summed E-state index contributed by atoms with van der Waals surface area (Å²) in [5, 5.41) is 10.5. The molecule has 27 heavy (non-hydrogen) atoms. The first-order chi connectivity index (χ1) is 13.4. The highest BCUT2D eigenvalue weighted by molar-refractivity contribution is 6.25. The fourth-order valence-corrected chi connectivity index (χ4v) is 4.85. The second kappa shape index (κ2) is 4.57. The van der Waals surface area contributed by atoms with Crippen LogP contribution in [0.25, 0.3) is 59.6 Å². The molecular weight excluding hydrogens is 326 g/mol. The van der Waals surface area contributed by atoms with Crippen LogP contribution in [0, 0.1) is 0 Å². The van der Waals surface area contributed by atoms with Gasteiger partial charge in [0.1, 0.15) is 0 Å². The second-order valence-corrected chi connectivity index (χ2v) is 7.47. The molecule has 0 unspecified atom stereocenters. The zero-order valence-corrected chi connectivity index (χ0v) is 14.6. The van der Waals surface area contributed by atoms with Gasteiger partial charge in [-0.1, -0.05) is 66.7 Å². The predicted molar refractivity (Wildman–Crippen MR) is 116 cm³/mol. The summed E-state index contributed by atoms with van der Waals surface area (Å²) in [6.45, 7) is 0. The summed E-state index contributed by atoms with van der Waals surface area (Å²) in [5.41, 5.74) is 3.93.